The van der Waals surface area contributed by atoms with Gasteiger partial charge < -0.3 is 14.8 Å². The van der Waals surface area contributed by atoms with Gasteiger partial charge in [0.1, 0.15) is 11.6 Å². The monoisotopic (exact) mass is 349 g/mol. The van der Waals surface area contributed by atoms with Crippen LogP contribution in [0, 0.1) is 5.92 Å². The summed E-state index contributed by atoms with van der Waals surface area (Å²) in [6.07, 6.45) is -6.85. The lowest BCUT2D eigenvalue weighted by atomic mass is 10.1. The van der Waals surface area contributed by atoms with Crippen LogP contribution < -0.4 is 5.32 Å². The van der Waals surface area contributed by atoms with Gasteiger partial charge in [0.05, 0.1) is 0 Å². The molecule has 0 saturated carbocycles. The van der Waals surface area contributed by atoms with Gasteiger partial charge in [0, 0.05) is 0 Å². The van der Waals surface area contributed by atoms with Crippen LogP contribution in [-0.4, -0.2) is 42.4 Å². The Morgan fingerprint density at radius 1 is 1.04 bits per heavy atom. The van der Waals surface area contributed by atoms with Crippen molar-refractivity contribution in [1.29, 1.82) is 0 Å². The molecule has 10 heteroatoms. The predicted octanol–water partition coefficient (Wildman–Crippen LogP) is 3.28. The first-order valence-electron chi connectivity index (χ1n) is 6.67. The Morgan fingerprint density at radius 2 is 1.52 bits per heavy atom. The summed E-state index contributed by atoms with van der Waals surface area (Å²) in [5.41, 5.74) is -0.876. The molecule has 1 atom stereocenters. The first kappa shape index (κ1) is 21.4. The van der Waals surface area contributed by atoms with Gasteiger partial charge >= 0.3 is 24.2 Å². The Hall–Kier alpha value is -1.61. The molecule has 0 heterocycles. The summed E-state index contributed by atoms with van der Waals surface area (Å²) in [4.78, 5) is 23.2. The number of alkyl halides is 5. The summed E-state index contributed by atoms with van der Waals surface area (Å²) < 4.78 is 70.4. The van der Waals surface area contributed by atoms with Crippen molar-refractivity contribution in [2.75, 3.05) is 6.61 Å². The number of amides is 1. The smallest absolute Gasteiger partial charge is 0.456 e. The molecule has 0 bridgehead atoms. The molecule has 136 valence electrons. The molecule has 1 amide bonds. The molecule has 0 spiro atoms. The molecule has 1 N–H and O–H groups in total. The van der Waals surface area contributed by atoms with Gasteiger partial charge in [0.15, 0.2) is 6.61 Å². The quantitative estimate of drug-likeness (QED) is 0.611. The second-order valence-corrected chi connectivity index (χ2v) is 6.18. The molecule has 0 unspecified atom stereocenters. The minimum Gasteiger partial charge on any atom is -0.457 e. The van der Waals surface area contributed by atoms with E-state index in [2.05, 4.69) is 10.1 Å². The average Bonchev–Trinajstić information content (AvgIpc) is 2.29. The fourth-order valence-corrected chi connectivity index (χ4v) is 1.27. The Bertz CT molecular complexity index is 429. The van der Waals surface area contributed by atoms with Crippen LogP contribution in [0.4, 0.5) is 26.7 Å². The molecule has 0 rings (SSSR count). The third kappa shape index (κ3) is 7.47. The van der Waals surface area contributed by atoms with Crippen molar-refractivity contribution in [1.82, 2.24) is 5.32 Å². The van der Waals surface area contributed by atoms with Crippen molar-refractivity contribution in [3.05, 3.63) is 0 Å². The summed E-state index contributed by atoms with van der Waals surface area (Å²) in [6, 6.07) is -1.42. The number of esters is 1. The summed E-state index contributed by atoms with van der Waals surface area (Å²) >= 11 is 0. The maximum absolute atomic E-state index is 12.7. The van der Waals surface area contributed by atoms with E-state index in [1.807, 2.05) is 0 Å². The van der Waals surface area contributed by atoms with Gasteiger partial charge in [-0.15, -0.1) is 0 Å². The third-order valence-corrected chi connectivity index (χ3v) is 2.40. The lowest BCUT2D eigenvalue weighted by molar-refractivity contribution is -0.294. The lowest BCUT2D eigenvalue weighted by Gasteiger charge is -2.25. The minimum atomic E-state index is -5.83. The number of carbonyl (C=O) groups is 2. The van der Waals surface area contributed by atoms with Crippen LogP contribution in [0.2, 0.25) is 0 Å². The van der Waals surface area contributed by atoms with Gasteiger partial charge in [-0.3, -0.25) is 0 Å². The van der Waals surface area contributed by atoms with E-state index in [1.54, 1.807) is 20.8 Å². The maximum Gasteiger partial charge on any atom is 0.456 e. The lowest BCUT2D eigenvalue weighted by Crippen LogP contribution is -2.49. The van der Waals surface area contributed by atoms with Crippen molar-refractivity contribution in [3.8, 4) is 0 Å². The van der Waals surface area contributed by atoms with Crippen molar-refractivity contribution in [2.45, 2.75) is 58.4 Å². The zero-order chi connectivity index (χ0) is 18.6. The van der Waals surface area contributed by atoms with Gasteiger partial charge in [0.25, 0.3) is 0 Å². The van der Waals surface area contributed by atoms with Crippen LogP contribution in [0.1, 0.15) is 34.6 Å². The number of hydrogen-bond acceptors (Lipinski definition) is 4. The van der Waals surface area contributed by atoms with Gasteiger partial charge in [-0.25, -0.2) is 9.59 Å². The summed E-state index contributed by atoms with van der Waals surface area (Å²) in [5.74, 6) is -7.19. The van der Waals surface area contributed by atoms with E-state index in [9.17, 15) is 31.5 Å². The largest absolute Gasteiger partial charge is 0.457 e. The molecule has 0 aromatic carbocycles. The zero-order valence-electron chi connectivity index (χ0n) is 13.4. The Labute approximate surface area is 130 Å². The third-order valence-electron chi connectivity index (χ3n) is 2.40. The van der Waals surface area contributed by atoms with Crippen LogP contribution >= 0.6 is 0 Å². The number of nitrogens with one attached hydrogen (secondary N) is 1. The average molecular weight is 349 g/mol. The van der Waals surface area contributed by atoms with Gasteiger partial charge in [0.2, 0.25) is 0 Å². The maximum atomic E-state index is 12.7. The molecule has 0 saturated heterocycles. The van der Waals surface area contributed by atoms with Gasteiger partial charge in [-0.05, 0) is 26.7 Å². The predicted molar refractivity (Wildman–Crippen MR) is 70.0 cm³/mol. The standard InChI is InChI=1S/C13H20F5NO4/c1-7(2)8(19-10(21)23-11(3,4)5)9(20)22-6-12(14,15)13(16,17)18/h7-8H,6H2,1-5H3,(H,19,21)/t8-/m0/s1. The molecule has 0 radical (unpaired) electrons. The van der Waals surface area contributed by atoms with Crippen LogP contribution in [0.15, 0.2) is 0 Å². The van der Waals surface area contributed by atoms with Crippen LogP contribution in [0.3, 0.4) is 0 Å². The van der Waals surface area contributed by atoms with E-state index in [-0.39, 0.29) is 0 Å². The summed E-state index contributed by atoms with van der Waals surface area (Å²) in [5, 5.41) is 2.09. The number of halogens is 5. The molecule has 0 fully saturated rings. The Morgan fingerprint density at radius 3 is 1.87 bits per heavy atom. The summed E-state index contributed by atoms with van der Waals surface area (Å²) in [7, 11) is 0. The highest BCUT2D eigenvalue weighted by Gasteiger charge is 2.58. The molecular weight excluding hydrogens is 329 g/mol. The van der Waals surface area contributed by atoms with E-state index in [0.29, 0.717) is 0 Å². The summed E-state index contributed by atoms with van der Waals surface area (Å²) in [6.45, 7) is 5.41. The molecule has 0 aliphatic rings. The zero-order valence-corrected chi connectivity index (χ0v) is 13.4. The van der Waals surface area contributed by atoms with E-state index < -0.39 is 48.3 Å². The van der Waals surface area contributed by atoms with Gasteiger partial charge in [-0.2, -0.15) is 22.0 Å². The number of alkyl carbamates (subject to hydrolysis) is 1. The van der Waals surface area contributed by atoms with Crippen LogP contribution in [-0.2, 0) is 14.3 Å². The molecular formula is C13H20F5NO4. The van der Waals surface area contributed by atoms with Gasteiger partial charge in [-0.1, -0.05) is 13.8 Å². The van der Waals surface area contributed by atoms with E-state index >= 15 is 0 Å². The normalized spacial score (nSPS) is 14.4. The molecule has 0 aromatic heterocycles. The Balaban J connectivity index is 4.80. The van der Waals surface area contributed by atoms with Crippen molar-refractivity contribution >= 4 is 12.1 Å². The second-order valence-electron chi connectivity index (χ2n) is 6.18. The highest BCUT2D eigenvalue weighted by Crippen LogP contribution is 2.35. The van der Waals surface area contributed by atoms with E-state index in [1.165, 1.54) is 13.8 Å². The fraction of sp³-hybridized carbons (Fsp3) is 0.846. The first-order valence-corrected chi connectivity index (χ1v) is 6.67. The molecule has 23 heavy (non-hydrogen) atoms. The highest BCUT2D eigenvalue weighted by atomic mass is 19.4. The topological polar surface area (TPSA) is 64.6 Å². The minimum absolute atomic E-state index is 0.616. The van der Waals surface area contributed by atoms with E-state index in [0.717, 1.165) is 0 Å². The molecule has 5 nitrogen and oxygen atoms in total. The van der Waals surface area contributed by atoms with E-state index in [4.69, 9.17) is 4.74 Å². The SMILES string of the molecule is CC(C)[C@H](NC(=O)OC(C)(C)C)C(=O)OCC(F)(F)C(F)(F)F. The van der Waals surface area contributed by atoms with Crippen LogP contribution in [0.25, 0.3) is 0 Å². The number of hydrogen-bond donors (Lipinski definition) is 1. The first-order chi connectivity index (χ1) is 10.1. The highest BCUT2D eigenvalue weighted by molar-refractivity contribution is 5.81. The Kier molecular flexibility index (Phi) is 6.80. The van der Waals surface area contributed by atoms with Crippen molar-refractivity contribution in [3.63, 3.8) is 0 Å². The fourth-order valence-electron chi connectivity index (χ4n) is 1.27. The second kappa shape index (κ2) is 7.31. The number of carbonyl (C=O) groups excluding carboxylic acids is 2. The van der Waals surface area contributed by atoms with Crippen LogP contribution in [0.5, 0.6) is 0 Å². The molecule has 0 aromatic rings. The number of ether oxygens (including phenoxy) is 2. The van der Waals surface area contributed by atoms with Crippen molar-refractivity contribution < 1.29 is 41.0 Å². The molecule has 0 aliphatic carbocycles. The molecule has 0 aliphatic heterocycles. The van der Waals surface area contributed by atoms with Crippen molar-refractivity contribution in [2.24, 2.45) is 5.92 Å². The number of rotatable bonds is 5.